The van der Waals surface area contributed by atoms with Crippen molar-refractivity contribution in [2.75, 3.05) is 20.3 Å². The average Bonchev–Trinajstić information content (AvgIpc) is 3.09. The van der Waals surface area contributed by atoms with Gasteiger partial charge < -0.3 is 14.0 Å². The van der Waals surface area contributed by atoms with Crippen molar-refractivity contribution in [3.05, 3.63) is 11.7 Å². The van der Waals surface area contributed by atoms with Gasteiger partial charge in [0.1, 0.15) is 5.41 Å². The number of carbonyl (C=O) groups excluding carboxylic acids is 1. The molecular formula is C12H16N2O4. The fourth-order valence-corrected chi connectivity index (χ4v) is 2.38. The number of methoxy groups -OCH3 is 1. The number of aromatic nitrogens is 2. The number of esters is 1. The Morgan fingerprint density at radius 2 is 2.11 bits per heavy atom. The summed E-state index contributed by atoms with van der Waals surface area (Å²) >= 11 is 0. The average molecular weight is 252 g/mol. The second-order valence-corrected chi connectivity index (χ2v) is 4.92. The molecule has 1 aromatic heterocycles. The van der Waals surface area contributed by atoms with Crippen molar-refractivity contribution in [3.63, 3.8) is 0 Å². The van der Waals surface area contributed by atoms with E-state index in [0.717, 1.165) is 38.9 Å². The lowest BCUT2D eigenvalue weighted by atomic mass is 10.00. The predicted molar refractivity (Wildman–Crippen MR) is 60.0 cm³/mol. The van der Waals surface area contributed by atoms with Crippen LogP contribution in [0.2, 0.25) is 0 Å². The summed E-state index contributed by atoms with van der Waals surface area (Å²) in [5.41, 5.74) is -0.662. The molecule has 0 spiro atoms. The third-order valence-corrected chi connectivity index (χ3v) is 3.76. The van der Waals surface area contributed by atoms with Crippen LogP contribution in [0.15, 0.2) is 4.52 Å². The molecule has 0 aromatic carbocycles. The van der Waals surface area contributed by atoms with E-state index in [4.69, 9.17) is 14.0 Å². The Bertz CT molecular complexity index is 447. The van der Waals surface area contributed by atoms with Gasteiger partial charge in [-0.3, -0.25) is 4.79 Å². The van der Waals surface area contributed by atoms with Crippen molar-refractivity contribution < 1.29 is 18.8 Å². The minimum Gasteiger partial charge on any atom is -0.468 e. The van der Waals surface area contributed by atoms with E-state index in [1.54, 1.807) is 0 Å². The van der Waals surface area contributed by atoms with E-state index in [1.807, 2.05) is 0 Å². The van der Waals surface area contributed by atoms with E-state index in [0.29, 0.717) is 11.7 Å². The first-order chi connectivity index (χ1) is 8.76. The standard InChI is InChI=1S/C12H16N2O4/c1-16-11(15)12(4-5-12)10-13-9(14-18-10)8-2-6-17-7-3-8/h8H,2-7H2,1H3. The summed E-state index contributed by atoms with van der Waals surface area (Å²) < 4.78 is 15.4. The van der Waals surface area contributed by atoms with Crippen molar-refractivity contribution in [2.45, 2.75) is 37.0 Å². The molecule has 2 fully saturated rings. The van der Waals surface area contributed by atoms with Gasteiger partial charge in [0, 0.05) is 19.1 Å². The minimum absolute atomic E-state index is 0.273. The molecule has 1 aliphatic carbocycles. The quantitative estimate of drug-likeness (QED) is 0.752. The zero-order chi connectivity index (χ0) is 12.6. The maximum Gasteiger partial charge on any atom is 0.321 e. The highest BCUT2D eigenvalue weighted by Crippen LogP contribution is 2.48. The molecule has 98 valence electrons. The highest BCUT2D eigenvalue weighted by Gasteiger charge is 2.57. The minimum atomic E-state index is -0.662. The molecule has 2 heterocycles. The van der Waals surface area contributed by atoms with E-state index in [1.165, 1.54) is 7.11 Å². The van der Waals surface area contributed by atoms with Crippen LogP contribution in [-0.4, -0.2) is 36.4 Å². The van der Waals surface area contributed by atoms with Gasteiger partial charge in [-0.1, -0.05) is 5.16 Å². The summed E-state index contributed by atoms with van der Waals surface area (Å²) in [6.45, 7) is 1.47. The SMILES string of the molecule is COC(=O)C1(c2nc(C3CCOCC3)no2)CC1. The maximum absolute atomic E-state index is 11.7. The van der Waals surface area contributed by atoms with Crippen LogP contribution in [0.4, 0.5) is 0 Å². The van der Waals surface area contributed by atoms with Gasteiger partial charge in [0.2, 0.25) is 5.89 Å². The molecule has 0 bridgehead atoms. The Labute approximate surface area is 105 Å². The summed E-state index contributed by atoms with van der Waals surface area (Å²) in [7, 11) is 1.39. The molecule has 0 N–H and O–H groups in total. The Balaban J connectivity index is 1.79. The van der Waals surface area contributed by atoms with E-state index in [9.17, 15) is 4.79 Å². The second kappa shape index (κ2) is 4.35. The molecule has 6 heteroatoms. The summed E-state index contributed by atoms with van der Waals surface area (Å²) in [5.74, 6) is 1.12. The van der Waals surface area contributed by atoms with E-state index in [2.05, 4.69) is 10.1 Å². The molecule has 0 unspecified atom stereocenters. The lowest BCUT2D eigenvalue weighted by molar-refractivity contribution is -0.144. The fourth-order valence-electron chi connectivity index (χ4n) is 2.38. The summed E-state index contributed by atoms with van der Waals surface area (Å²) in [6, 6.07) is 0. The zero-order valence-corrected chi connectivity index (χ0v) is 10.3. The Morgan fingerprint density at radius 1 is 1.39 bits per heavy atom. The molecule has 1 aromatic rings. The summed E-state index contributed by atoms with van der Waals surface area (Å²) in [5, 5.41) is 4.01. The molecule has 0 atom stereocenters. The van der Waals surface area contributed by atoms with Crippen LogP contribution in [0.3, 0.4) is 0 Å². The van der Waals surface area contributed by atoms with E-state index >= 15 is 0 Å². The topological polar surface area (TPSA) is 74.5 Å². The van der Waals surface area contributed by atoms with Gasteiger partial charge in [0.05, 0.1) is 7.11 Å². The molecule has 2 aliphatic rings. The summed E-state index contributed by atoms with van der Waals surface area (Å²) in [4.78, 5) is 16.1. The first-order valence-corrected chi connectivity index (χ1v) is 6.26. The fraction of sp³-hybridized carbons (Fsp3) is 0.750. The molecule has 18 heavy (non-hydrogen) atoms. The Morgan fingerprint density at radius 3 is 2.72 bits per heavy atom. The highest BCUT2D eigenvalue weighted by molar-refractivity contribution is 5.85. The molecule has 0 amide bonds. The number of ether oxygens (including phenoxy) is 2. The van der Waals surface area contributed by atoms with Crippen LogP contribution < -0.4 is 0 Å². The zero-order valence-electron chi connectivity index (χ0n) is 10.3. The van der Waals surface area contributed by atoms with Gasteiger partial charge in [-0.25, -0.2) is 0 Å². The third-order valence-electron chi connectivity index (χ3n) is 3.76. The molecule has 3 rings (SSSR count). The predicted octanol–water partition coefficient (Wildman–Crippen LogP) is 1.17. The molecule has 1 saturated carbocycles. The van der Waals surface area contributed by atoms with Crippen LogP contribution in [0, 0.1) is 0 Å². The lowest BCUT2D eigenvalue weighted by Gasteiger charge is -2.18. The number of hydrogen-bond donors (Lipinski definition) is 0. The van der Waals surface area contributed by atoms with Crippen LogP contribution in [0.5, 0.6) is 0 Å². The molecule has 0 radical (unpaired) electrons. The third kappa shape index (κ3) is 1.80. The first kappa shape index (κ1) is 11.6. The maximum atomic E-state index is 11.7. The highest BCUT2D eigenvalue weighted by atomic mass is 16.5. The van der Waals surface area contributed by atoms with Gasteiger partial charge >= 0.3 is 5.97 Å². The van der Waals surface area contributed by atoms with Crippen molar-refractivity contribution in [1.82, 2.24) is 10.1 Å². The molecule has 1 aliphatic heterocycles. The largest absolute Gasteiger partial charge is 0.468 e. The number of nitrogens with zero attached hydrogens (tertiary/aromatic N) is 2. The van der Waals surface area contributed by atoms with Crippen LogP contribution in [0.1, 0.15) is 43.3 Å². The van der Waals surface area contributed by atoms with Gasteiger partial charge in [0.15, 0.2) is 5.82 Å². The number of hydrogen-bond acceptors (Lipinski definition) is 6. The molecule has 6 nitrogen and oxygen atoms in total. The normalized spacial score (nSPS) is 22.7. The van der Waals surface area contributed by atoms with E-state index in [-0.39, 0.29) is 11.9 Å². The summed E-state index contributed by atoms with van der Waals surface area (Å²) in [6.07, 6.45) is 3.28. The van der Waals surface area contributed by atoms with Gasteiger partial charge in [-0.15, -0.1) is 0 Å². The van der Waals surface area contributed by atoms with Crippen LogP contribution in [-0.2, 0) is 19.7 Å². The van der Waals surface area contributed by atoms with Crippen molar-refractivity contribution in [3.8, 4) is 0 Å². The van der Waals surface area contributed by atoms with Crippen molar-refractivity contribution in [1.29, 1.82) is 0 Å². The smallest absolute Gasteiger partial charge is 0.321 e. The van der Waals surface area contributed by atoms with Crippen LogP contribution >= 0.6 is 0 Å². The van der Waals surface area contributed by atoms with E-state index < -0.39 is 5.41 Å². The number of carbonyl (C=O) groups is 1. The van der Waals surface area contributed by atoms with Gasteiger partial charge in [0.25, 0.3) is 0 Å². The van der Waals surface area contributed by atoms with Gasteiger partial charge in [-0.2, -0.15) is 4.98 Å². The second-order valence-electron chi connectivity index (χ2n) is 4.92. The number of rotatable bonds is 3. The molecular weight excluding hydrogens is 236 g/mol. The van der Waals surface area contributed by atoms with Crippen molar-refractivity contribution >= 4 is 5.97 Å². The van der Waals surface area contributed by atoms with Crippen molar-refractivity contribution in [2.24, 2.45) is 0 Å². The molecule has 1 saturated heterocycles. The Kier molecular flexibility index (Phi) is 2.81. The van der Waals surface area contributed by atoms with Crippen LogP contribution in [0.25, 0.3) is 0 Å². The van der Waals surface area contributed by atoms with Gasteiger partial charge in [-0.05, 0) is 25.7 Å². The monoisotopic (exact) mass is 252 g/mol. The first-order valence-electron chi connectivity index (χ1n) is 6.26. The Hall–Kier alpha value is -1.43. The lowest BCUT2D eigenvalue weighted by Crippen LogP contribution is -2.22.